The number of amides is 2. The van der Waals surface area contributed by atoms with E-state index in [2.05, 4.69) is 24.4 Å². The van der Waals surface area contributed by atoms with E-state index in [1.54, 1.807) is 4.90 Å². The van der Waals surface area contributed by atoms with Gasteiger partial charge in [-0.3, -0.25) is 14.4 Å². The third-order valence-electron chi connectivity index (χ3n) is 6.86. The Labute approximate surface area is 228 Å². The molecule has 0 aliphatic rings. The predicted octanol–water partition coefficient (Wildman–Crippen LogP) is 6.53. The summed E-state index contributed by atoms with van der Waals surface area (Å²) >= 11 is 0. The summed E-state index contributed by atoms with van der Waals surface area (Å²) in [4.78, 5) is 39.5. The Bertz CT molecular complexity index is 933. The molecule has 0 saturated heterocycles. The Morgan fingerprint density at radius 1 is 0.763 bits per heavy atom. The molecule has 0 aliphatic carbocycles. The molecule has 2 aromatic rings. The Kier molecular flexibility index (Phi) is 15.5. The Balaban J connectivity index is 2.08. The quantitative estimate of drug-likeness (QED) is 0.194. The normalized spacial score (nSPS) is 11.6. The van der Waals surface area contributed by atoms with E-state index in [1.807, 2.05) is 48.5 Å². The van der Waals surface area contributed by atoms with Crippen LogP contribution in [-0.2, 0) is 27.3 Å². The maximum atomic E-state index is 13.5. The van der Waals surface area contributed by atoms with Crippen LogP contribution < -0.4 is 5.32 Å². The number of hydrogen-bond acceptors (Lipinski definition) is 3. The van der Waals surface area contributed by atoms with Crippen LogP contribution >= 0.6 is 0 Å². The van der Waals surface area contributed by atoms with Gasteiger partial charge in [-0.05, 0) is 36.8 Å². The van der Waals surface area contributed by atoms with E-state index in [4.69, 9.17) is 5.11 Å². The lowest BCUT2D eigenvalue weighted by Crippen LogP contribution is -2.49. The zero-order valence-corrected chi connectivity index (χ0v) is 23.1. The fraction of sp³-hybridized carbons (Fsp3) is 0.531. The summed E-state index contributed by atoms with van der Waals surface area (Å²) in [6.45, 7) is 3.13. The van der Waals surface area contributed by atoms with Crippen LogP contribution in [0.1, 0.15) is 95.1 Å². The molecule has 0 spiro atoms. The van der Waals surface area contributed by atoms with Crippen molar-refractivity contribution in [3.8, 4) is 0 Å². The van der Waals surface area contributed by atoms with Crippen LogP contribution in [0.5, 0.6) is 0 Å². The van der Waals surface area contributed by atoms with E-state index >= 15 is 0 Å². The van der Waals surface area contributed by atoms with Gasteiger partial charge in [0.05, 0.1) is 0 Å². The van der Waals surface area contributed by atoms with Gasteiger partial charge in [-0.15, -0.1) is 0 Å². The number of carboxylic acid groups (broad SMARTS) is 1. The van der Waals surface area contributed by atoms with Gasteiger partial charge >= 0.3 is 5.97 Å². The number of carbonyl (C=O) groups is 3. The Morgan fingerprint density at radius 3 is 1.97 bits per heavy atom. The minimum Gasteiger partial charge on any atom is -0.481 e. The summed E-state index contributed by atoms with van der Waals surface area (Å²) in [5, 5.41) is 11.9. The number of rotatable bonds is 20. The zero-order valence-electron chi connectivity index (χ0n) is 23.1. The summed E-state index contributed by atoms with van der Waals surface area (Å²) in [6, 6.07) is 19.4. The highest BCUT2D eigenvalue weighted by Gasteiger charge is 2.29. The smallest absolute Gasteiger partial charge is 0.303 e. The van der Waals surface area contributed by atoms with Crippen molar-refractivity contribution >= 4 is 17.8 Å². The van der Waals surface area contributed by atoms with Crippen LogP contribution in [0.4, 0.5) is 0 Å². The first-order valence-electron chi connectivity index (χ1n) is 14.4. The topological polar surface area (TPSA) is 86.7 Å². The lowest BCUT2D eigenvalue weighted by molar-refractivity contribution is -0.141. The molecule has 0 heterocycles. The molecule has 0 saturated carbocycles. The van der Waals surface area contributed by atoms with Gasteiger partial charge in [-0.1, -0.05) is 113 Å². The summed E-state index contributed by atoms with van der Waals surface area (Å²) in [5.74, 6) is -0.874. The van der Waals surface area contributed by atoms with Crippen molar-refractivity contribution in [2.45, 2.75) is 103 Å². The highest BCUT2D eigenvalue weighted by molar-refractivity contribution is 5.87. The molecule has 2 amide bonds. The highest BCUT2D eigenvalue weighted by Crippen LogP contribution is 2.19. The molecule has 208 valence electrons. The third kappa shape index (κ3) is 12.9. The lowest BCUT2D eigenvalue weighted by Gasteiger charge is -2.31. The van der Waals surface area contributed by atoms with Gasteiger partial charge in [0, 0.05) is 25.9 Å². The molecular weight excluding hydrogens is 476 g/mol. The van der Waals surface area contributed by atoms with Crippen molar-refractivity contribution in [2.75, 3.05) is 6.54 Å². The van der Waals surface area contributed by atoms with Crippen molar-refractivity contribution in [3.05, 3.63) is 71.8 Å². The second kappa shape index (κ2) is 19.0. The van der Waals surface area contributed by atoms with E-state index in [9.17, 15) is 14.4 Å². The Morgan fingerprint density at radius 2 is 1.34 bits per heavy atom. The van der Waals surface area contributed by atoms with Crippen LogP contribution in [0.25, 0.3) is 0 Å². The second-order valence-electron chi connectivity index (χ2n) is 10.1. The van der Waals surface area contributed by atoms with E-state index in [-0.39, 0.29) is 18.2 Å². The molecule has 2 aromatic carbocycles. The number of carboxylic acids is 1. The molecule has 0 radical (unpaired) electrons. The fourth-order valence-electron chi connectivity index (χ4n) is 4.66. The maximum Gasteiger partial charge on any atom is 0.303 e. The van der Waals surface area contributed by atoms with Gasteiger partial charge in [-0.25, -0.2) is 0 Å². The van der Waals surface area contributed by atoms with Crippen LogP contribution in [0, 0.1) is 0 Å². The first-order chi connectivity index (χ1) is 18.5. The van der Waals surface area contributed by atoms with Gasteiger partial charge < -0.3 is 15.3 Å². The molecule has 0 bridgehead atoms. The average Bonchev–Trinajstić information content (AvgIpc) is 2.92. The number of unbranched alkanes of at least 4 members (excludes halogenated alkanes) is 7. The monoisotopic (exact) mass is 522 g/mol. The number of nitrogens with zero attached hydrogens (tertiary/aromatic N) is 1. The average molecular weight is 523 g/mol. The van der Waals surface area contributed by atoms with Crippen LogP contribution in [0.3, 0.4) is 0 Å². The Hall–Kier alpha value is -3.15. The number of nitrogens with one attached hydrogen (secondary N) is 1. The minimum atomic E-state index is -0.782. The van der Waals surface area contributed by atoms with Gasteiger partial charge in [0.15, 0.2) is 0 Å². The zero-order chi connectivity index (χ0) is 27.4. The lowest BCUT2D eigenvalue weighted by atomic mass is 10.0. The molecule has 2 rings (SSSR count). The molecule has 2 N–H and O–H groups in total. The van der Waals surface area contributed by atoms with Gasteiger partial charge in [0.1, 0.15) is 6.04 Å². The largest absolute Gasteiger partial charge is 0.481 e. The summed E-state index contributed by atoms with van der Waals surface area (Å²) < 4.78 is 0. The SMILES string of the molecule is CCCCCCCC(C(=O)NCCc1ccccc1)N(Cc1ccccc1)C(=O)CCCCCCC(=O)O. The maximum absolute atomic E-state index is 13.5. The molecular formula is C32H46N2O4. The molecule has 0 fully saturated rings. The van der Waals surface area contributed by atoms with Crippen molar-refractivity contribution in [1.29, 1.82) is 0 Å². The first-order valence-corrected chi connectivity index (χ1v) is 14.4. The molecule has 0 aliphatic heterocycles. The van der Waals surface area contributed by atoms with Crippen molar-refractivity contribution in [3.63, 3.8) is 0 Å². The van der Waals surface area contributed by atoms with E-state index in [0.29, 0.717) is 38.8 Å². The summed E-state index contributed by atoms with van der Waals surface area (Å²) in [6.07, 6.45) is 10.3. The van der Waals surface area contributed by atoms with E-state index in [1.165, 1.54) is 12.0 Å². The van der Waals surface area contributed by atoms with Crippen molar-refractivity contribution < 1.29 is 19.5 Å². The predicted molar refractivity (Wildman–Crippen MR) is 153 cm³/mol. The van der Waals surface area contributed by atoms with Crippen molar-refractivity contribution in [2.24, 2.45) is 0 Å². The third-order valence-corrected chi connectivity index (χ3v) is 6.86. The standard InChI is InChI=1S/C32H46N2O4/c1-2-3-4-5-14-21-29(32(38)33-25-24-27-17-10-8-11-18-27)34(26-28-19-12-9-13-20-28)30(35)22-15-6-7-16-23-31(36)37/h8-13,17-20,29H,2-7,14-16,21-26H2,1H3,(H,33,38)(H,36,37). The fourth-order valence-corrected chi connectivity index (χ4v) is 4.66. The van der Waals surface area contributed by atoms with E-state index in [0.717, 1.165) is 50.5 Å². The second-order valence-corrected chi connectivity index (χ2v) is 10.1. The molecule has 6 nitrogen and oxygen atoms in total. The minimum absolute atomic E-state index is 0.0103. The number of aliphatic carboxylic acids is 1. The van der Waals surface area contributed by atoms with Crippen molar-refractivity contribution in [1.82, 2.24) is 10.2 Å². The van der Waals surface area contributed by atoms with Gasteiger partial charge in [0.25, 0.3) is 0 Å². The highest BCUT2D eigenvalue weighted by atomic mass is 16.4. The number of carbonyl (C=O) groups excluding carboxylic acids is 2. The molecule has 1 atom stereocenters. The first kappa shape index (κ1) is 31.1. The van der Waals surface area contributed by atoms with Crippen LogP contribution in [0.15, 0.2) is 60.7 Å². The van der Waals surface area contributed by atoms with E-state index < -0.39 is 12.0 Å². The molecule has 0 aromatic heterocycles. The summed E-state index contributed by atoms with van der Waals surface area (Å²) in [7, 11) is 0. The van der Waals surface area contributed by atoms with Gasteiger partial charge in [0.2, 0.25) is 11.8 Å². The summed E-state index contributed by atoms with van der Waals surface area (Å²) in [5.41, 5.74) is 2.18. The van der Waals surface area contributed by atoms with Crippen LogP contribution in [0.2, 0.25) is 0 Å². The number of hydrogen-bond donors (Lipinski definition) is 2. The van der Waals surface area contributed by atoms with Crippen LogP contribution in [-0.4, -0.2) is 40.4 Å². The molecule has 6 heteroatoms. The number of benzene rings is 2. The van der Waals surface area contributed by atoms with Gasteiger partial charge in [-0.2, -0.15) is 0 Å². The molecule has 38 heavy (non-hydrogen) atoms. The molecule has 1 unspecified atom stereocenters.